The summed E-state index contributed by atoms with van der Waals surface area (Å²) < 4.78 is 2.31. The van der Waals surface area contributed by atoms with Crippen LogP contribution in [0.25, 0.3) is 10.9 Å². The molecule has 0 saturated carbocycles. The van der Waals surface area contributed by atoms with Gasteiger partial charge < -0.3 is 4.90 Å². The van der Waals surface area contributed by atoms with E-state index in [0.29, 0.717) is 10.8 Å². The number of fused-ring (bicyclic) bond motifs is 1. The van der Waals surface area contributed by atoms with Crippen molar-refractivity contribution in [3.63, 3.8) is 0 Å². The highest BCUT2D eigenvalue weighted by Crippen LogP contribution is 2.27. The Bertz CT molecular complexity index is 960. The van der Waals surface area contributed by atoms with Crippen LogP contribution >= 0.6 is 23.4 Å². The Balaban J connectivity index is 1.74. The fourth-order valence-corrected chi connectivity index (χ4v) is 4.32. The monoisotopic (exact) mass is 413 g/mol. The highest BCUT2D eigenvalue weighted by molar-refractivity contribution is 8.00. The molecule has 0 radical (unpaired) electrons. The van der Waals surface area contributed by atoms with Gasteiger partial charge in [0.25, 0.3) is 0 Å². The van der Waals surface area contributed by atoms with Crippen LogP contribution in [-0.4, -0.2) is 18.7 Å². The third-order valence-electron chi connectivity index (χ3n) is 4.81. The molecule has 0 aliphatic rings. The van der Waals surface area contributed by atoms with E-state index in [4.69, 9.17) is 11.6 Å². The lowest BCUT2D eigenvalue weighted by molar-refractivity contribution is -0.672. The van der Waals surface area contributed by atoms with E-state index in [9.17, 15) is 4.79 Å². The maximum atomic E-state index is 12.7. The van der Waals surface area contributed by atoms with E-state index in [1.165, 1.54) is 30.2 Å². The lowest BCUT2D eigenvalue weighted by atomic mass is 10.2. The molecule has 0 N–H and O–H groups in total. The van der Waals surface area contributed by atoms with Crippen LogP contribution < -0.4 is 9.47 Å². The van der Waals surface area contributed by atoms with Crippen molar-refractivity contribution < 1.29 is 9.36 Å². The molecule has 0 unspecified atom stereocenters. The highest BCUT2D eigenvalue weighted by atomic mass is 35.5. The van der Waals surface area contributed by atoms with Gasteiger partial charge in [-0.1, -0.05) is 43.1 Å². The Labute approximate surface area is 176 Å². The number of benzene rings is 2. The van der Waals surface area contributed by atoms with Gasteiger partial charge >= 0.3 is 0 Å². The van der Waals surface area contributed by atoms with Crippen LogP contribution in [-0.2, 0) is 11.3 Å². The van der Waals surface area contributed by atoms with Gasteiger partial charge in [0.05, 0.1) is 11.1 Å². The van der Waals surface area contributed by atoms with Crippen molar-refractivity contribution in [2.24, 2.45) is 0 Å². The van der Waals surface area contributed by atoms with E-state index in [2.05, 4.69) is 48.0 Å². The van der Waals surface area contributed by atoms with Gasteiger partial charge in [0.15, 0.2) is 6.20 Å². The molecule has 0 fully saturated rings. The van der Waals surface area contributed by atoms with Crippen LogP contribution in [0.1, 0.15) is 26.2 Å². The van der Waals surface area contributed by atoms with Gasteiger partial charge in [-0.25, -0.2) is 0 Å². The van der Waals surface area contributed by atoms with Crippen molar-refractivity contribution in [2.75, 3.05) is 17.7 Å². The number of aryl methyl sites for hydroxylation is 1. The summed E-state index contributed by atoms with van der Waals surface area (Å²) in [5.74, 6) is 0.434. The van der Waals surface area contributed by atoms with E-state index in [-0.39, 0.29) is 5.91 Å². The first kappa shape index (κ1) is 20.7. The Morgan fingerprint density at radius 3 is 2.71 bits per heavy atom. The van der Waals surface area contributed by atoms with E-state index < -0.39 is 0 Å². The quantitative estimate of drug-likeness (QED) is 0.267. The van der Waals surface area contributed by atoms with Gasteiger partial charge in [0, 0.05) is 41.2 Å². The summed E-state index contributed by atoms with van der Waals surface area (Å²) in [5, 5.41) is 1.83. The summed E-state index contributed by atoms with van der Waals surface area (Å²) >= 11 is 7.63. The number of hydrogen-bond donors (Lipinski definition) is 0. The zero-order valence-corrected chi connectivity index (χ0v) is 18.0. The molecule has 5 heteroatoms. The predicted molar refractivity (Wildman–Crippen MR) is 119 cm³/mol. The summed E-state index contributed by atoms with van der Waals surface area (Å²) in [6, 6.07) is 17.9. The minimum Gasteiger partial charge on any atom is -0.315 e. The Kier molecular flexibility index (Phi) is 7.35. The second-order valence-electron chi connectivity index (χ2n) is 6.82. The first-order valence-corrected chi connectivity index (χ1v) is 11.0. The fraction of sp³-hybridized carbons (Fsp3) is 0.304. The van der Waals surface area contributed by atoms with E-state index in [1.54, 1.807) is 29.8 Å². The van der Waals surface area contributed by atoms with Crippen LogP contribution in [0.3, 0.4) is 0 Å². The average Bonchev–Trinajstić information content (AvgIpc) is 2.72. The van der Waals surface area contributed by atoms with E-state index in [0.717, 1.165) is 17.1 Å². The predicted octanol–water partition coefficient (Wildman–Crippen LogP) is 5.73. The Hall–Kier alpha value is -2.04. The molecule has 146 valence electrons. The number of hydrogen-bond acceptors (Lipinski definition) is 2. The summed E-state index contributed by atoms with van der Waals surface area (Å²) in [7, 11) is 1.79. The zero-order valence-electron chi connectivity index (χ0n) is 16.4. The number of para-hydroxylation sites is 1. The standard InChI is InChI=1S/C23H26ClN2OS/c1-3-4-7-14-26-15-13-22(20-11-5-6-12-21(20)26)28-17-23(27)25(2)19-10-8-9-18(24)16-19/h5-6,8-13,15-16H,3-4,7,14,17H2,1-2H3/q+1. The normalized spacial score (nSPS) is 11.0. The second kappa shape index (κ2) is 9.94. The molecule has 0 spiro atoms. The molecule has 3 aromatic rings. The zero-order chi connectivity index (χ0) is 19.9. The maximum absolute atomic E-state index is 12.7. The molecule has 3 nitrogen and oxygen atoms in total. The third kappa shape index (κ3) is 5.06. The molecule has 0 aliphatic carbocycles. The lowest BCUT2D eigenvalue weighted by Gasteiger charge is -2.17. The molecule has 2 aromatic carbocycles. The van der Waals surface area contributed by atoms with Crippen LogP contribution in [0.2, 0.25) is 5.02 Å². The summed E-state index contributed by atoms with van der Waals surface area (Å²) in [6.07, 6.45) is 5.78. The minimum atomic E-state index is 0.0519. The van der Waals surface area contributed by atoms with Gasteiger partial charge in [-0.2, -0.15) is 4.57 Å². The number of amides is 1. The summed E-state index contributed by atoms with van der Waals surface area (Å²) in [4.78, 5) is 15.5. The van der Waals surface area contributed by atoms with Crippen molar-refractivity contribution in [3.05, 3.63) is 65.8 Å². The lowest BCUT2D eigenvalue weighted by Crippen LogP contribution is -2.34. The Morgan fingerprint density at radius 2 is 1.93 bits per heavy atom. The summed E-state index contributed by atoms with van der Waals surface area (Å²) in [5.41, 5.74) is 2.03. The maximum Gasteiger partial charge on any atom is 0.237 e. The number of pyridine rings is 1. The van der Waals surface area contributed by atoms with Crippen LogP contribution in [0.4, 0.5) is 5.69 Å². The fourth-order valence-electron chi connectivity index (χ4n) is 3.18. The largest absolute Gasteiger partial charge is 0.315 e. The van der Waals surface area contributed by atoms with E-state index in [1.807, 2.05) is 18.2 Å². The number of thioether (sulfide) groups is 1. The number of halogens is 1. The molecule has 0 bridgehead atoms. The van der Waals surface area contributed by atoms with Crippen molar-refractivity contribution in [3.8, 4) is 0 Å². The molecular formula is C23H26ClN2OS+. The van der Waals surface area contributed by atoms with E-state index >= 15 is 0 Å². The molecule has 1 aromatic heterocycles. The van der Waals surface area contributed by atoms with Crippen molar-refractivity contribution in [1.29, 1.82) is 0 Å². The van der Waals surface area contributed by atoms with Gasteiger partial charge in [0.1, 0.15) is 6.54 Å². The topological polar surface area (TPSA) is 24.2 Å². The van der Waals surface area contributed by atoms with Crippen molar-refractivity contribution in [1.82, 2.24) is 0 Å². The molecule has 3 rings (SSSR count). The number of aromatic nitrogens is 1. The van der Waals surface area contributed by atoms with Crippen LogP contribution in [0.15, 0.2) is 65.7 Å². The molecular weight excluding hydrogens is 388 g/mol. The molecule has 1 heterocycles. The van der Waals surface area contributed by atoms with Gasteiger partial charge in [-0.3, -0.25) is 4.79 Å². The smallest absolute Gasteiger partial charge is 0.237 e. The van der Waals surface area contributed by atoms with Crippen molar-refractivity contribution in [2.45, 2.75) is 37.6 Å². The minimum absolute atomic E-state index is 0.0519. The first-order valence-electron chi connectivity index (χ1n) is 9.66. The SMILES string of the molecule is CCCCC[n+]1ccc(SCC(=O)N(C)c2cccc(Cl)c2)c2ccccc21. The number of anilines is 1. The first-order chi connectivity index (χ1) is 13.6. The number of carbonyl (C=O) groups is 1. The second-order valence-corrected chi connectivity index (χ2v) is 8.27. The average molecular weight is 414 g/mol. The molecule has 0 atom stereocenters. The highest BCUT2D eigenvalue weighted by Gasteiger charge is 2.16. The van der Waals surface area contributed by atoms with Crippen molar-refractivity contribution >= 4 is 45.9 Å². The molecule has 0 aliphatic heterocycles. The Morgan fingerprint density at radius 1 is 1.11 bits per heavy atom. The molecule has 28 heavy (non-hydrogen) atoms. The van der Waals surface area contributed by atoms with Crippen LogP contribution in [0.5, 0.6) is 0 Å². The van der Waals surface area contributed by atoms with Gasteiger partial charge in [0.2, 0.25) is 11.4 Å². The van der Waals surface area contributed by atoms with Gasteiger partial charge in [-0.15, -0.1) is 11.8 Å². The number of carbonyl (C=O) groups excluding carboxylic acids is 1. The van der Waals surface area contributed by atoms with Gasteiger partial charge in [-0.05, 0) is 30.7 Å². The molecule has 1 amide bonds. The molecule has 0 saturated heterocycles. The summed E-state index contributed by atoms with van der Waals surface area (Å²) in [6.45, 7) is 3.25. The number of rotatable bonds is 8. The van der Waals surface area contributed by atoms with Crippen LogP contribution in [0, 0.1) is 0 Å². The number of nitrogens with zero attached hydrogens (tertiary/aromatic N) is 2. The number of unbranched alkanes of at least 4 members (excludes halogenated alkanes) is 2. The third-order valence-corrected chi connectivity index (χ3v) is 6.10.